The summed E-state index contributed by atoms with van der Waals surface area (Å²) in [5.41, 5.74) is 6.06. The van der Waals surface area contributed by atoms with Crippen LogP contribution in [0.25, 0.3) is 0 Å². The molecule has 0 atom stereocenters. The first-order valence-corrected chi connectivity index (χ1v) is 11.0. The third-order valence-electron chi connectivity index (χ3n) is 6.48. The fraction of sp³-hybridized carbons (Fsp3) is 0.720. The molecule has 2 nitrogen and oxygen atoms in total. The maximum absolute atomic E-state index is 11.3. The summed E-state index contributed by atoms with van der Waals surface area (Å²) >= 11 is 0. The zero-order chi connectivity index (χ0) is 20.1. The number of carboxylic acid groups (broad SMARTS) is 1. The molecular formula is C25H40O2. The van der Waals surface area contributed by atoms with E-state index in [-0.39, 0.29) is 5.41 Å². The Morgan fingerprint density at radius 2 is 1.67 bits per heavy atom. The van der Waals surface area contributed by atoms with Gasteiger partial charge in [0.05, 0.1) is 5.41 Å². The molecule has 0 aliphatic heterocycles. The average Bonchev–Trinajstić information content (AvgIpc) is 3.36. The molecule has 1 fully saturated rings. The average molecular weight is 373 g/mol. The minimum atomic E-state index is -0.575. The molecule has 1 aliphatic carbocycles. The SMILES string of the molecule is Cc1ccc(CCCCCC2(C(=O)O)CC2)c(CCCCC(C)(C)C)c1C. The third kappa shape index (κ3) is 6.66. The summed E-state index contributed by atoms with van der Waals surface area (Å²) in [7, 11) is 0. The zero-order valence-corrected chi connectivity index (χ0v) is 18.3. The summed E-state index contributed by atoms with van der Waals surface area (Å²) in [6, 6.07) is 4.61. The monoisotopic (exact) mass is 372 g/mol. The van der Waals surface area contributed by atoms with E-state index in [0.717, 1.165) is 38.5 Å². The van der Waals surface area contributed by atoms with Crippen molar-refractivity contribution >= 4 is 5.97 Å². The topological polar surface area (TPSA) is 37.3 Å². The van der Waals surface area contributed by atoms with Gasteiger partial charge in [0.25, 0.3) is 0 Å². The summed E-state index contributed by atoms with van der Waals surface area (Å²) in [5, 5.41) is 9.28. The molecule has 2 rings (SSSR count). The van der Waals surface area contributed by atoms with Gasteiger partial charge in [-0.25, -0.2) is 0 Å². The number of carboxylic acids is 1. The van der Waals surface area contributed by atoms with Gasteiger partial charge < -0.3 is 5.11 Å². The van der Waals surface area contributed by atoms with Crippen LogP contribution in [0.15, 0.2) is 12.1 Å². The van der Waals surface area contributed by atoms with Crippen molar-refractivity contribution < 1.29 is 9.90 Å². The summed E-state index contributed by atoms with van der Waals surface area (Å²) in [6.45, 7) is 11.5. The quantitative estimate of drug-likeness (QED) is 0.423. The van der Waals surface area contributed by atoms with Crippen molar-refractivity contribution in [3.05, 3.63) is 34.4 Å². The van der Waals surface area contributed by atoms with E-state index >= 15 is 0 Å². The molecule has 1 aromatic carbocycles. The Morgan fingerprint density at radius 3 is 2.26 bits per heavy atom. The van der Waals surface area contributed by atoms with Crippen LogP contribution >= 0.6 is 0 Å². The van der Waals surface area contributed by atoms with Crippen LogP contribution in [0.2, 0.25) is 0 Å². The highest BCUT2D eigenvalue weighted by atomic mass is 16.4. The van der Waals surface area contributed by atoms with Gasteiger partial charge in [-0.2, -0.15) is 0 Å². The van der Waals surface area contributed by atoms with E-state index < -0.39 is 5.97 Å². The Labute approximate surface area is 166 Å². The molecule has 0 amide bonds. The van der Waals surface area contributed by atoms with Crippen LogP contribution in [-0.4, -0.2) is 11.1 Å². The second kappa shape index (κ2) is 9.26. The van der Waals surface area contributed by atoms with Gasteiger partial charge in [0.1, 0.15) is 0 Å². The molecule has 152 valence electrons. The first kappa shape index (κ1) is 22.0. The molecule has 0 saturated heterocycles. The van der Waals surface area contributed by atoms with E-state index in [1.165, 1.54) is 48.8 Å². The first-order valence-electron chi connectivity index (χ1n) is 11.0. The van der Waals surface area contributed by atoms with Crippen molar-refractivity contribution in [2.75, 3.05) is 0 Å². The molecular weight excluding hydrogens is 332 g/mol. The Kier molecular flexibility index (Phi) is 7.54. The molecule has 0 unspecified atom stereocenters. The number of rotatable bonds is 11. The summed E-state index contributed by atoms with van der Waals surface area (Å²) in [4.78, 5) is 11.3. The standard InChI is InChI=1S/C25H40O2/c1-19-13-14-21(11-7-6-9-16-25(17-18-25)23(26)27)22(20(19)2)12-8-10-15-24(3,4)5/h13-14H,6-12,15-18H2,1-5H3,(H,26,27). The predicted octanol–water partition coefficient (Wildman–Crippen LogP) is 7.03. The fourth-order valence-electron chi connectivity index (χ4n) is 4.15. The molecule has 2 heteroatoms. The van der Waals surface area contributed by atoms with Crippen molar-refractivity contribution in [2.45, 2.75) is 105 Å². The lowest BCUT2D eigenvalue weighted by Crippen LogP contribution is -2.14. The van der Waals surface area contributed by atoms with Crippen LogP contribution in [0.1, 0.15) is 101 Å². The highest BCUT2D eigenvalue weighted by Gasteiger charge is 2.49. The van der Waals surface area contributed by atoms with Crippen LogP contribution in [0.4, 0.5) is 0 Å². The number of benzene rings is 1. The zero-order valence-electron chi connectivity index (χ0n) is 18.3. The van der Waals surface area contributed by atoms with Crippen LogP contribution in [-0.2, 0) is 17.6 Å². The van der Waals surface area contributed by atoms with Crippen LogP contribution < -0.4 is 0 Å². The number of carbonyl (C=O) groups is 1. The summed E-state index contributed by atoms with van der Waals surface area (Å²) in [5.74, 6) is -0.575. The van der Waals surface area contributed by atoms with Crippen LogP contribution in [0.3, 0.4) is 0 Å². The second-order valence-corrected chi connectivity index (χ2v) is 10.1. The molecule has 1 aliphatic rings. The normalized spacial score (nSPS) is 15.7. The number of unbranched alkanes of at least 4 members (excludes halogenated alkanes) is 3. The van der Waals surface area contributed by atoms with Gasteiger partial charge in [0.15, 0.2) is 0 Å². The maximum Gasteiger partial charge on any atom is 0.309 e. The van der Waals surface area contributed by atoms with Crippen molar-refractivity contribution in [1.29, 1.82) is 0 Å². The smallest absolute Gasteiger partial charge is 0.309 e. The Balaban J connectivity index is 1.82. The van der Waals surface area contributed by atoms with E-state index in [2.05, 4.69) is 46.8 Å². The molecule has 0 spiro atoms. The van der Waals surface area contributed by atoms with E-state index in [1.807, 2.05) is 0 Å². The van der Waals surface area contributed by atoms with Crippen molar-refractivity contribution in [3.8, 4) is 0 Å². The van der Waals surface area contributed by atoms with E-state index in [0.29, 0.717) is 5.41 Å². The number of aryl methyl sites for hydroxylation is 2. The number of hydrogen-bond donors (Lipinski definition) is 1. The number of aliphatic carboxylic acids is 1. The lowest BCUT2D eigenvalue weighted by atomic mass is 9.87. The molecule has 0 radical (unpaired) electrons. The van der Waals surface area contributed by atoms with E-state index in [1.54, 1.807) is 5.56 Å². The predicted molar refractivity (Wildman–Crippen MR) is 114 cm³/mol. The molecule has 0 bridgehead atoms. The first-order chi connectivity index (χ1) is 12.6. The minimum absolute atomic E-state index is 0.349. The minimum Gasteiger partial charge on any atom is -0.481 e. The highest BCUT2D eigenvalue weighted by molar-refractivity contribution is 5.77. The third-order valence-corrected chi connectivity index (χ3v) is 6.48. The van der Waals surface area contributed by atoms with Gasteiger partial charge in [-0.1, -0.05) is 52.2 Å². The van der Waals surface area contributed by atoms with Crippen LogP contribution in [0.5, 0.6) is 0 Å². The largest absolute Gasteiger partial charge is 0.481 e. The molecule has 0 heterocycles. The Hall–Kier alpha value is -1.31. The molecule has 1 aromatic rings. The molecule has 0 aromatic heterocycles. The maximum atomic E-state index is 11.3. The van der Waals surface area contributed by atoms with E-state index in [9.17, 15) is 9.90 Å². The molecule has 1 saturated carbocycles. The van der Waals surface area contributed by atoms with Crippen LogP contribution in [0, 0.1) is 24.7 Å². The summed E-state index contributed by atoms with van der Waals surface area (Å²) < 4.78 is 0. The van der Waals surface area contributed by atoms with Crippen molar-refractivity contribution in [1.82, 2.24) is 0 Å². The van der Waals surface area contributed by atoms with Gasteiger partial charge >= 0.3 is 5.97 Å². The fourth-order valence-corrected chi connectivity index (χ4v) is 4.15. The van der Waals surface area contributed by atoms with Crippen molar-refractivity contribution in [2.24, 2.45) is 10.8 Å². The summed E-state index contributed by atoms with van der Waals surface area (Å²) in [6.07, 6.45) is 12.2. The second-order valence-electron chi connectivity index (χ2n) is 10.1. The molecule has 27 heavy (non-hydrogen) atoms. The van der Waals surface area contributed by atoms with Crippen molar-refractivity contribution in [3.63, 3.8) is 0 Å². The van der Waals surface area contributed by atoms with Gasteiger partial charge in [-0.3, -0.25) is 4.79 Å². The van der Waals surface area contributed by atoms with Gasteiger partial charge in [-0.15, -0.1) is 0 Å². The van der Waals surface area contributed by atoms with E-state index in [4.69, 9.17) is 0 Å². The highest BCUT2D eigenvalue weighted by Crippen LogP contribution is 2.50. The Morgan fingerprint density at radius 1 is 1.00 bits per heavy atom. The van der Waals surface area contributed by atoms with Gasteiger partial charge in [0.2, 0.25) is 0 Å². The molecule has 1 N–H and O–H groups in total. The van der Waals surface area contributed by atoms with Gasteiger partial charge in [-0.05, 0) is 92.9 Å². The lowest BCUT2D eigenvalue weighted by Gasteiger charge is -2.19. The Bertz CT molecular complexity index is 632. The number of hydrogen-bond acceptors (Lipinski definition) is 1. The lowest BCUT2D eigenvalue weighted by molar-refractivity contribution is -0.143. The van der Waals surface area contributed by atoms with Gasteiger partial charge in [0, 0.05) is 0 Å².